The predicted molar refractivity (Wildman–Crippen MR) is 132 cm³/mol. The van der Waals surface area contributed by atoms with E-state index < -0.39 is 5.91 Å². The Labute approximate surface area is 205 Å². The van der Waals surface area contributed by atoms with Gasteiger partial charge in [0.1, 0.15) is 5.69 Å². The van der Waals surface area contributed by atoms with E-state index in [-0.39, 0.29) is 11.7 Å². The molecule has 0 atom stereocenters. The average molecular weight is 493 g/mol. The SMILES string of the molecule is Cc1ccc(-n2c(SCC(=O)NNC(=O)c3ccc(Cl)cc3)nnc2-c2ccccn2)c(C)c1. The minimum Gasteiger partial charge on any atom is -0.272 e. The van der Waals surface area contributed by atoms with Gasteiger partial charge in [-0.15, -0.1) is 10.2 Å². The summed E-state index contributed by atoms with van der Waals surface area (Å²) in [4.78, 5) is 29.0. The number of hydrogen-bond donors (Lipinski definition) is 2. The van der Waals surface area contributed by atoms with Gasteiger partial charge in [-0.2, -0.15) is 0 Å². The van der Waals surface area contributed by atoms with Crippen LogP contribution < -0.4 is 10.9 Å². The first-order chi connectivity index (χ1) is 16.4. The van der Waals surface area contributed by atoms with Crippen molar-refractivity contribution in [1.82, 2.24) is 30.6 Å². The van der Waals surface area contributed by atoms with Crippen molar-refractivity contribution in [2.45, 2.75) is 19.0 Å². The van der Waals surface area contributed by atoms with E-state index >= 15 is 0 Å². The quantitative estimate of drug-likeness (QED) is 0.309. The van der Waals surface area contributed by atoms with Crippen molar-refractivity contribution in [2.24, 2.45) is 0 Å². The lowest BCUT2D eigenvalue weighted by atomic mass is 10.1. The van der Waals surface area contributed by atoms with Crippen LogP contribution in [0.4, 0.5) is 0 Å². The molecule has 0 aliphatic heterocycles. The minimum atomic E-state index is -0.439. The lowest BCUT2D eigenvalue weighted by molar-refractivity contribution is -0.119. The maximum absolute atomic E-state index is 12.4. The summed E-state index contributed by atoms with van der Waals surface area (Å²) in [6.07, 6.45) is 1.69. The van der Waals surface area contributed by atoms with Gasteiger partial charge in [-0.05, 0) is 61.9 Å². The fourth-order valence-corrected chi connectivity index (χ4v) is 4.13. The third kappa shape index (κ3) is 5.44. The number of halogens is 1. The molecule has 2 aromatic carbocycles. The van der Waals surface area contributed by atoms with Crippen LogP contribution >= 0.6 is 23.4 Å². The topological polar surface area (TPSA) is 102 Å². The Morgan fingerprint density at radius 3 is 2.50 bits per heavy atom. The zero-order chi connectivity index (χ0) is 24.1. The van der Waals surface area contributed by atoms with Crippen LogP contribution in [0.1, 0.15) is 21.5 Å². The average Bonchev–Trinajstić information content (AvgIpc) is 3.26. The van der Waals surface area contributed by atoms with E-state index in [0.29, 0.717) is 27.3 Å². The first-order valence-corrected chi connectivity index (χ1v) is 11.7. The number of nitrogens with zero attached hydrogens (tertiary/aromatic N) is 4. The molecule has 8 nitrogen and oxygen atoms in total. The second kappa shape index (κ2) is 10.5. The second-order valence-corrected chi connectivity index (χ2v) is 8.82. The fourth-order valence-electron chi connectivity index (χ4n) is 3.26. The Hall–Kier alpha value is -3.69. The van der Waals surface area contributed by atoms with E-state index in [1.165, 1.54) is 11.8 Å². The van der Waals surface area contributed by atoms with E-state index in [4.69, 9.17) is 11.6 Å². The predicted octanol–water partition coefficient (Wildman–Crippen LogP) is 4.15. The Balaban J connectivity index is 1.50. The Bertz CT molecular complexity index is 1330. The van der Waals surface area contributed by atoms with Crippen LogP contribution in [-0.2, 0) is 4.79 Å². The number of amides is 2. The van der Waals surface area contributed by atoms with Crippen LogP contribution in [0.5, 0.6) is 0 Å². The molecule has 4 rings (SSSR count). The Morgan fingerprint density at radius 2 is 1.79 bits per heavy atom. The summed E-state index contributed by atoms with van der Waals surface area (Å²) in [7, 11) is 0. The number of carbonyl (C=O) groups excluding carboxylic acids is 2. The van der Waals surface area contributed by atoms with Gasteiger partial charge < -0.3 is 0 Å². The smallest absolute Gasteiger partial charge is 0.269 e. The van der Waals surface area contributed by atoms with Crippen molar-refractivity contribution >= 4 is 35.2 Å². The first-order valence-electron chi connectivity index (χ1n) is 10.3. The van der Waals surface area contributed by atoms with Crippen LogP contribution in [-0.4, -0.2) is 37.3 Å². The highest BCUT2D eigenvalue weighted by molar-refractivity contribution is 7.99. The third-order valence-electron chi connectivity index (χ3n) is 4.87. The van der Waals surface area contributed by atoms with E-state index in [0.717, 1.165) is 16.8 Å². The highest BCUT2D eigenvalue weighted by atomic mass is 35.5. The van der Waals surface area contributed by atoms with Gasteiger partial charge in [0.05, 0.1) is 11.4 Å². The highest BCUT2D eigenvalue weighted by Crippen LogP contribution is 2.29. The lowest BCUT2D eigenvalue weighted by Crippen LogP contribution is -2.42. The number of nitrogens with one attached hydrogen (secondary N) is 2. The molecule has 0 aliphatic carbocycles. The van der Waals surface area contributed by atoms with Crippen molar-refractivity contribution in [2.75, 3.05) is 5.75 Å². The summed E-state index contributed by atoms with van der Waals surface area (Å²) in [6, 6.07) is 18.0. The number of hydrogen-bond acceptors (Lipinski definition) is 6. The molecule has 0 fully saturated rings. The van der Waals surface area contributed by atoms with Gasteiger partial charge in [-0.3, -0.25) is 30.0 Å². The van der Waals surface area contributed by atoms with Crippen LogP contribution in [0, 0.1) is 13.8 Å². The van der Waals surface area contributed by atoms with E-state index in [1.807, 2.05) is 48.7 Å². The Kier molecular flexibility index (Phi) is 7.24. The summed E-state index contributed by atoms with van der Waals surface area (Å²) >= 11 is 7.05. The number of benzene rings is 2. The standard InChI is InChI=1S/C24H21ClN6O2S/c1-15-6-11-20(16(2)13-15)31-22(19-5-3-4-12-26-19)28-30-24(31)34-14-21(32)27-29-23(33)17-7-9-18(25)10-8-17/h3-13H,14H2,1-2H3,(H,27,32)(H,29,33). The van der Waals surface area contributed by atoms with Crippen molar-refractivity contribution in [3.63, 3.8) is 0 Å². The summed E-state index contributed by atoms with van der Waals surface area (Å²) in [5, 5.41) is 9.71. The maximum atomic E-state index is 12.4. The number of pyridine rings is 1. The van der Waals surface area contributed by atoms with Crippen LogP contribution in [0.25, 0.3) is 17.2 Å². The van der Waals surface area contributed by atoms with Crippen LogP contribution in [0.15, 0.2) is 72.0 Å². The van der Waals surface area contributed by atoms with Gasteiger partial charge in [0.15, 0.2) is 11.0 Å². The number of rotatable bonds is 6. The molecule has 10 heteroatoms. The van der Waals surface area contributed by atoms with Gasteiger partial charge in [0.25, 0.3) is 5.91 Å². The zero-order valence-corrected chi connectivity index (χ0v) is 20.0. The largest absolute Gasteiger partial charge is 0.272 e. The molecular formula is C24H21ClN6O2S. The van der Waals surface area contributed by atoms with Gasteiger partial charge >= 0.3 is 0 Å². The van der Waals surface area contributed by atoms with E-state index in [1.54, 1.807) is 30.5 Å². The summed E-state index contributed by atoms with van der Waals surface area (Å²) in [5.74, 6) is -0.231. The minimum absolute atomic E-state index is 0.0200. The van der Waals surface area contributed by atoms with Crippen molar-refractivity contribution in [3.05, 3.63) is 88.6 Å². The van der Waals surface area contributed by atoms with E-state index in [9.17, 15) is 9.59 Å². The molecule has 2 N–H and O–H groups in total. The molecule has 172 valence electrons. The molecular weight excluding hydrogens is 472 g/mol. The van der Waals surface area contributed by atoms with Gasteiger partial charge in [0.2, 0.25) is 5.91 Å². The number of thioether (sulfide) groups is 1. The zero-order valence-electron chi connectivity index (χ0n) is 18.4. The monoisotopic (exact) mass is 492 g/mol. The molecule has 4 aromatic rings. The molecule has 0 saturated heterocycles. The van der Waals surface area contributed by atoms with Gasteiger partial charge in [-0.1, -0.05) is 47.1 Å². The fraction of sp³-hybridized carbons (Fsp3) is 0.125. The number of carbonyl (C=O) groups is 2. The molecule has 2 aromatic heterocycles. The molecule has 0 bridgehead atoms. The molecule has 0 aliphatic rings. The molecule has 0 spiro atoms. The summed E-state index contributed by atoms with van der Waals surface area (Å²) in [5.41, 5.74) is 8.95. The van der Waals surface area contributed by atoms with Crippen LogP contribution in [0.3, 0.4) is 0 Å². The Morgan fingerprint density at radius 1 is 1.00 bits per heavy atom. The molecule has 2 heterocycles. The molecule has 0 radical (unpaired) electrons. The molecule has 0 saturated carbocycles. The lowest BCUT2D eigenvalue weighted by Gasteiger charge is -2.13. The van der Waals surface area contributed by atoms with Crippen molar-refractivity contribution < 1.29 is 9.59 Å². The van der Waals surface area contributed by atoms with Gasteiger partial charge in [0, 0.05) is 16.8 Å². The van der Waals surface area contributed by atoms with Crippen LogP contribution in [0.2, 0.25) is 5.02 Å². The first kappa shape index (κ1) is 23.5. The maximum Gasteiger partial charge on any atom is 0.269 e. The number of aromatic nitrogens is 4. The summed E-state index contributed by atoms with van der Waals surface area (Å²) in [6.45, 7) is 4.04. The van der Waals surface area contributed by atoms with Crippen molar-refractivity contribution in [1.29, 1.82) is 0 Å². The molecule has 0 unspecified atom stereocenters. The van der Waals surface area contributed by atoms with Gasteiger partial charge in [-0.25, -0.2) is 0 Å². The number of hydrazine groups is 1. The molecule has 34 heavy (non-hydrogen) atoms. The second-order valence-electron chi connectivity index (χ2n) is 7.44. The number of aryl methyl sites for hydroxylation is 2. The summed E-state index contributed by atoms with van der Waals surface area (Å²) < 4.78 is 1.89. The van der Waals surface area contributed by atoms with E-state index in [2.05, 4.69) is 32.1 Å². The third-order valence-corrected chi connectivity index (χ3v) is 6.06. The van der Waals surface area contributed by atoms with Crippen molar-refractivity contribution in [3.8, 4) is 17.2 Å². The highest BCUT2D eigenvalue weighted by Gasteiger charge is 2.19. The molecule has 2 amide bonds. The normalized spacial score (nSPS) is 10.7.